The minimum Gasteiger partial charge on any atom is -0.466 e. The first-order valence-corrected chi connectivity index (χ1v) is 4.51. The molecule has 0 aromatic carbocycles. The first kappa shape index (κ1) is 11.1. The van der Waals surface area contributed by atoms with Gasteiger partial charge in [-0.15, -0.1) is 0 Å². The molecule has 0 amide bonds. The fourth-order valence-corrected chi connectivity index (χ4v) is 1.39. The van der Waals surface area contributed by atoms with E-state index in [0.29, 0.717) is 0 Å². The van der Waals surface area contributed by atoms with E-state index in [1.807, 2.05) is 0 Å². The van der Waals surface area contributed by atoms with E-state index in [1.165, 1.54) is 0 Å². The van der Waals surface area contributed by atoms with E-state index in [-0.39, 0.29) is 13.0 Å². The molecule has 0 aromatic heterocycles. The van der Waals surface area contributed by atoms with Crippen LogP contribution in [0.2, 0.25) is 0 Å². The van der Waals surface area contributed by atoms with Crippen molar-refractivity contribution < 1.29 is 23.1 Å². The number of halogens is 2. The molecule has 0 radical (unpaired) electrons. The molecule has 3 nitrogen and oxygen atoms in total. The highest BCUT2D eigenvalue weighted by Gasteiger charge is 2.48. The lowest BCUT2D eigenvalue weighted by molar-refractivity contribution is -0.155. The van der Waals surface area contributed by atoms with Crippen LogP contribution in [0.15, 0.2) is 0 Å². The second-order valence-electron chi connectivity index (χ2n) is 3.41. The molecule has 0 atom stereocenters. The molecule has 1 fully saturated rings. The van der Waals surface area contributed by atoms with Crippen molar-refractivity contribution in [2.75, 3.05) is 6.61 Å². The highest BCUT2D eigenvalue weighted by molar-refractivity contribution is 5.97. The Morgan fingerprint density at radius 2 is 2.00 bits per heavy atom. The number of alkyl halides is 2. The summed E-state index contributed by atoms with van der Waals surface area (Å²) >= 11 is 0. The zero-order valence-electron chi connectivity index (χ0n) is 7.89. The SMILES string of the molecule is CCOC(=O)CC(=O)C1CC(F)(F)C1. The Morgan fingerprint density at radius 1 is 1.43 bits per heavy atom. The highest BCUT2D eigenvalue weighted by atomic mass is 19.3. The van der Waals surface area contributed by atoms with Gasteiger partial charge in [-0.3, -0.25) is 9.59 Å². The molecule has 0 aliphatic heterocycles. The Balaban J connectivity index is 2.27. The van der Waals surface area contributed by atoms with Gasteiger partial charge in [-0.1, -0.05) is 0 Å². The first-order chi connectivity index (χ1) is 6.44. The zero-order chi connectivity index (χ0) is 10.8. The van der Waals surface area contributed by atoms with Crippen LogP contribution in [-0.2, 0) is 14.3 Å². The molecule has 0 saturated heterocycles. The second kappa shape index (κ2) is 4.02. The number of ether oxygens (including phenoxy) is 1. The Labute approximate surface area is 80.4 Å². The topological polar surface area (TPSA) is 43.4 Å². The number of hydrogen-bond donors (Lipinski definition) is 0. The number of rotatable bonds is 4. The number of hydrogen-bond acceptors (Lipinski definition) is 3. The average molecular weight is 206 g/mol. The van der Waals surface area contributed by atoms with Crippen molar-refractivity contribution >= 4 is 11.8 Å². The van der Waals surface area contributed by atoms with Crippen LogP contribution in [0.3, 0.4) is 0 Å². The lowest BCUT2D eigenvalue weighted by atomic mass is 9.78. The van der Waals surface area contributed by atoms with Crippen LogP contribution in [-0.4, -0.2) is 24.3 Å². The zero-order valence-corrected chi connectivity index (χ0v) is 7.89. The third-order valence-electron chi connectivity index (χ3n) is 2.17. The van der Waals surface area contributed by atoms with Crippen molar-refractivity contribution in [3.8, 4) is 0 Å². The number of carbonyl (C=O) groups is 2. The summed E-state index contributed by atoms with van der Waals surface area (Å²) in [7, 11) is 0. The molecule has 0 aromatic rings. The molecule has 1 aliphatic rings. The first-order valence-electron chi connectivity index (χ1n) is 4.51. The van der Waals surface area contributed by atoms with Gasteiger partial charge in [0.1, 0.15) is 12.2 Å². The van der Waals surface area contributed by atoms with Crippen molar-refractivity contribution in [2.45, 2.75) is 32.1 Å². The van der Waals surface area contributed by atoms with E-state index in [1.54, 1.807) is 6.92 Å². The monoisotopic (exact) mass is 206 g/mol. The van der Waals surface area contributed by atoms with Gasteiger partial charge in [-0.05, 0) is 6.92 Å². The standard InChI is InChI=1S/C9H12F2O3/c1-2-14-8(13)3-7(12)6-4-9(10,11)5-6/h6H,2-5H2,1H3. The maximum absolute atomic E-state index is 12.4. The fraction of sp³-hybridized carbons (Fsp3) is 0.778. The maximum Gasteiger partial charge on any atom is 0.313 e. The van der Waals surface area contributed by atoms with Crippen LogP contribution in [0.5, 0.6) is 0 Å². The Kier molecular flexibility index (Phi) is 3.18. The average Bonchev–Trinajstić information content (AvgIpc) is 2.00. The number of ketones is 1. The Bertz CT molecular complexity index is 242. The Morgan fingerprint density at radius 3 is 2.43 bits per heavy atom. The summed E-state index contributed by atoms with van der Waals surface area (Å²) < 4.78 is 29.3. The van der Waals surface area contributed by atoms with Crippen LogP contribution in [0, 0.1) is 5.92 Å². The summed E-state index contributed by atoms with van der Waals surface area (Å²) in [6, 6.07) is 0. The minimum absolute atomic E-state index is 0.201. The summed E-state index contributed by atoms with van der Waals surface area (Å²) in [5.74, 6) is -4.44. The summed E-state index contributed by atoms with van der Waals surface area (Å²) in [5.41, 5.74) is 0. The fourth-order valence-electron chi connectivity index (χ4n) is 1.39. The van der Waals surface area contributed by atoms with Crippen LogP contribution in [0.1, 0.15) is 26.2 Å². The third-order valence-corrected chi connectivity index (χ3v) is 2.17. The second-order valence-corrected chi connectivity index (χ2v) is 3.41. The molecule has 0 bridgehead atoms. The molecular formula is C9H12F2O3. The van der Waals surface area contributed by atoms with Gasteiger partial charge in [0, 0.05) is 18.8 Å². The van der Waals surface area contributed by atoms with Crippen LogP contribution < -0.4 is 0 Å². The molecule has 0 unspecified atom stereocenters. The summed E-state index contributed by atoms with van der Waals surface area (Å²) in [5, 5.41) is 0. The van der Waals surface area contributed by atoms with Crippen molar-refractivity contribution in [1.82, 2.24) is 0 Å². The normalized spacial score (nSPS) is 19.9. The third kappa shape index (κ3) is 2.75. The van der Waals surface area contributed by atoms with Gasteiger partial charge in [0.25, 0.3) is 0 Å². The van der Waals surface area contributed by atoms with E-state index >= 15 is 0 Å². The van der Waals surface area contributed by atoms with Gasteiger partial charge in [0.05, 0.1) is 6.61 Å². The molecule has 5 heteroatoms. The molecule has 0 spiro atoms. The van der Waals surface area contributed by atoms with Crippen LogP contribution >= 0.6 is 0 Å². The van der Waals surface area contributed by atoms with E-state index < -0.39 is 36.4 Å². The summed E-state index contributed by atoms with van der Waals surface area (Å²) in [4.78, 5) is 22.0. The van der Waals surface area contributed by atoms with Crippen molar-refractivity contribution in [3.05, 3.63) is 0 Å². The summed E-state index contributed by atoms with van der Waals surface area (Å²) in [6.45, 7) is 1.83. The smallest absolute Gasteiger partial charge is 0.313 e. The van der Waals surface area contributed by atoms with Gasteiger partial charge in [0.2, 0.25) is 5.92 Å². The number of esters is 1. The Hall–Kier alpha value is -1.00. The number of Topliss-reactive ketones (excluding diaryl/α,β-unsaturated/α-hetero) is 1. The molecule has 0 N–H and O–H groups in total. The van der Waals surface area contributed by atoms with E-state index in [9.17, 15) is 18.4 Å². The maximum atomic E-state index is 12.4. The van der Waals surface area contributed by atoms with E-state index in [0.717, 1.165) is 0 Å². The van der Waals surface area contributed by atoms with E-state index in [4.69, 9.17) is 0 Å². The van der Waals surface area contributed by atoms with Gasteiger partial charge < -0.3 is 4.74 Å². The molecule has 1 aliphatic carbocycles. The molecule has 0 heterocycles. The van der Waals surface area contributed by atoms with E-state index in [2.05, 4.69) is 4.74 Å². The molecule has 1 rings (SSSR count). The predicted octanol–water partition coefficient (Wildman–Crippen LogP) is 1.55. The molecule has 80 valence electrons. The van der Waals surface area contributed by atoms with Gasteiger partial charge >= 0.3 is 5.97 Å². The van der Waals surface area contributed by atoms with Crippen molar-refractivity contribution in [2.24, 2.45) is 5.92 Å². The van der Waals surface area contributed by atoms with Crippen LogP contribution in [0.25, 0.3) is 0 Å². The van der Waals surface area contributed by atoms with Gasteiger partial charge in [-0.25, -0.2) is 8.78 Å². The van der Waals surface area contributed by atoms with Gasteiger partial charge in [0.15, 0.2) is 0 Å². The predicted molar refractivity (Wildman–Crippen MR) is 43.9 cm³/mol. The highest BCUT2D eigenvalue weighted by Crippen LogP contribution is 2.43. The van der Waals surface area contributed by atoms with Crippen LogP contribution in [0.4, 0.5) is 8.78 Å². The molecule has 14 heavy (non-hydrogen) atoms. The number of carbonyl (C=O) groups excluding carboxylic acids is 2. The summed E-state index contributed by atoms with van der Waals surface area (Å²) in [6.07, 6.45) is -1.23. The van der Waals surface area contributed by atoms with Gasteiger partial charge in [-0.2, -0.15) is 0 Å². The largest absolute Gasteiger partial charge is 0.466 e. The lowest BCUT2D eigenvalue weighted by Crippen LogP contribution is -2.40. The minimum atomic E-state index is -2.71. The molecule has 1 saturated carbocycles. The quantitative estimate of drug-likeness (QED) is 0.517. The van der Waals surface area contributed by atoms with Crippen molar-refractivity contribution in [1.29, 1.82) is 0 Å². The lowest BCUT2D eigenvalue weighted by Gasteiger charge is -2.33. The molecular weight excluding hydrogens is 194 g/mol. The van der Waals surface area contributed by atoms with Crippen molar-refractivity contribution in [3.63, 3.8) is 0 Å².